The molecule has 15 aromatic rings. The molecule has 0 aliphatic carbocycles. The van der Waals surface area contributed by atoms with Gasteiger partial charge in [-0.2, -0.15) is 0 Å². The fourth-order valence-electron chi connectivity index (χ4n) is 11.5. The number of pyridine rings is 1. The van der Waals surface area contributed by atoms with Crippen molar-refractivity contribution in [2.75, 3.05) is 0 Å². The van der Waals surface area contributed by atoms with Gasteiger partial charge in [-0.15, -0.1) is 0 Å². The van der Waals surface area contributed by atoms with Gasteiger partial charge in [-0.1, -0.05) is 170 Å². The van der Waals surface area contributed by atoms with E-state index in [2.05, 4.69) is 249 Å². The minimum Gasteiger partial charge on any atom is -0.309 e. The van der Waals surface area contributed by atoms with E-state index in [9.17, 15) is 0 Å². The molecule has 0 radical (unpaired) electrons. The highest BCUT2D eigenvalue weighted by molar-refractivity contribution is 6.15. The molecule has 0 aliphatic heterocycles. The quantitative estimate of drug-likeness (QED) is 0.160. The van der Waals surface area contributed by atoms with Crippen molar-refractivity contribution in [1.29, 1.82) is 0 Å². The summed E-state index contributed by atoms with van der Waals surface area (Å²) in [6.45, 7) is 0. The summed E-state index contributed by atoms with van der Waals surface area (Å²) < 4.78 is 6.98. The molecule has 10 aromatic carbocycles. The smallest absolute Gasteiger partial charge is 0.235 e. The molecule has 0 spiro atoms. The fraction of sp³-hybridized carbons (Fsp3) is 0. The van der Waals surface area contributed by atoms with E-state index in [0.717, 1.165) is 77.8 Å². The summed E-state index contributed by atoms with van der Waals surface area (Å²) in [5.74, 6) is 0.634. The number of benzene rings is 10. The Balaban J connectivity index is 0.872. The molecule has 0 N–H and O–H groups in total. The summed E-state index contributed by atoms with van der Waals surface area (Å²) in [5, 5.41) is 9.50. The lowest BCUT2D eigenvalue weighted by Crippen LogP contribution is -2.04. The lowest BCUT2D eigenvalue weighted by molar-refractivity contribution is 0.996. The lowest BCUT2D eigenvalue weighted by atomic mass is 9.92. The molecule has 5 aromatic heterocycles. The minimum atomic E-state index is 0.634. The van der Waals surface area contributed by atoms with Crippen molar-refractivity contribution in [1.82, 2.24) is 28.7 Å². The molecule has 15 rings (SSSR count). The Morgan fingerprint density at radius 2 is 0.753 bits per heavy atom. The van der Waals surface area contributed by atoms with Crippen LogP contribution in [0.25, 0.3) is 138 Å². The maximum absolute atomic E-state index is 5.31. The monoisotopic (exact) mass is 930 g/mol. The van der Waals surface area contributed by atoms with Crippen molar-refractivity contribution in [2.45, 2.75) is 0 Å². The van der Waals surface area contributed by atoms with Gasteiger partial charge in [0.05, 0.1) is 50.7 Å². The van der Waals surface area contributed by atoms with Gasteiger partial charge < -0.3 is 9.13 Å². The van der Waals surface area contributed by atoms with Crippen molar-refractivity contribution in [3.05, 3.63) is 255 Å². The number of fused-ring (bicyclic) bond motifs is 10. The van der Waals surface area contributed by atoms with Crippen molar-refractivity contribution in [2.24, 2.45) is 0 Å². The van der Waals surface area contributed by atoms with Crippen molar-refractivity contribution < 1.29 is 0 Å². The second kappa shape index (κ2) is 16.3. The van der Waals surface area contributed by atoms with E-state index < -0.39 is 0 Å². The van der Waals surface area contributed by atoms with Crippen LogP contribution < -0.4 is 0 Å². The molecule has 5 heterocycles. The van der Waals surface area contributed by atoms with Crippen LogP contribution in [0.1, 0.15) is 0 Å². The first kappa shape index (κ1) is 40.9. The summed E-state index contributed by atoms with van der Waals surface area (Å²) in [5.41, 5.74) is 17.4. The third-order valence-corrected chi connectivity index (χ3v) is 14.8. The number of hydrogen-bond acceptors (Lipinski definition) is 3. The molecule has 0 saturated heterocycles. The Kier molecular flexibility index (Phi) is 9.16. The van der Waals surface area contributed by atoms with Gasteiger partial charge in [-0.3, -0.25) is 9.55 Å². The van der Waals surface area contributed by atoms with Gasteiger partial charge in [0.1, 0.15) is 0 Å². The Labute approximate surface area is 420 Å². The molecule has 0 aliphatic rings. The molecule has 0 fully saturated rings. The van der Waals surface area contributed by atoms with Crippen molar-refractivity contribution >= 4 is 76.2 Å². The van der Waals surface area contributed by atoms with Crippen LogP contribution in [-0.2, 0) is 0 Å². The highest BCUT2D eigenvalue weighted by atomic mass is 15.2. The number of para-hydroxylation sites is 3. The molecular weight excluding hydrogens is 889 g/mol. The summed E-state index contributed by atoms with van der Waals surface area (Å²) in [6, 6.07) is 87.1. The van der Waals surface area contributed by atoms with E-state index in [4.69, 9.17) is 9.97 Å². The number of aromatic nitrogens is 6. The number of hydrogen-bond donors (Lipinski definition) is 0. The zero-order valence-electron chi connectivity index (χ0n) is 39.4. The highest BCUT2D eigenvalue weighted by Gasteiger charge is 2.21. The van der Waals surface area contributed by atoms with Crippen molar-refractivity contribution in [3.8, 4) is 62.1 Å². The van der Waals surface area contributed by atoms with Crippen LogP contribution >= 0.6 is 0 Å². The zero-order valence-corrected chi connectivity index (χ0v) is 39.4. The van der Waals surface area contributed by atoms with Gasteiger partial charge in [0, 0.05) is 61.0 Å². The van der Waals surface area contributed by atoms with Gasteiger partial charge >= 0.3 is 0 Å². The fourth-order valence-corrected chi connectivity index (χ4v) is 11.5. The molecule has 73 heavy (non-hydrogen) atoms. The van der Waals surface area contributed by atoms with Crippen LogP contribution in [0.5, 0.6) is 0 Å². The second-order valence-electron chi connectivity index (χ2n) is 18.8. The molecule has 0 unspecified atom stereocenters. The lowest BCUT2D eigenvalue weighted by Gasteiger charge is -2.14. The molecule has 0 bridgehead atoms. The van der Waals surface area contributed by atoms with E-state index in [1.54, 1.807) is 0 Å². The van der Waals surface area contributed by atoms with Crippen LogP contribution in [0.2, 0.25) is 0 Å². The predicted molar refractivity (Wildman–Crippen MR) is 302 cm³/mol. The first-order valence-electron chi connectivity index (χ1n) is 24.8. The first-order chi connectivity index (χ1) is 36.2. The zero-order chi connectivity index (χ0) is 48.0. The SMILES string of the molecule is c1ccc(-c2cc(-c3ccccc3)nc(-n3c4ccccc4c4ccc(-c5cccc6c(-c7ccc8c(c7)c7ccccc7n8-c7ccc8c(c7)c7ccncc7n8-c7ccccc7)cccc56)cc43)n2)cc1. The van der Waals surface area contributed by atoms with E-state index in [-0.39, 0.29) is 0 Å². The summed E-state index contributed by atoms with van der Waals surface area (Å²) in [4.78, 5) is 15.2. The highest BCUT2D eigenvalue weighted by Crippen LogP contribution is 2.42. The van der Waals surface area contributed by atoms with Crippen molar-refractivity contribution in [3.63, 3.8) is 0 Å². The number of rotatable bonds is 7. The van der Waals surface area contributed by atoms with Crippen LogP contribution in [0.3, 0.4) is 0 Å². The largest absolute Gasteiger partial charge is 0.309 e. The molecule has 6 heteroatoms. The minimum absolute atomic E-state index is 0.634. The third kappa shape index (κ3) is 6.47. The summed E-state index contributed by atoms with van der Waals surface area (Å²) in [7, 11) is 0. The number of nitrogens with zero attached hydrogens (tertiary/aromatic N) is 6. The summed E-state index contributed by atoms with van der Waals surface area (Å²) in [6.07, 6.45) is 3.87. The Morgan fingerprint density at radius 1 is 0.260 bits per heavy atom. The van der Waals surface area contributed by atoms with E-state index in [0.29, 0.717) is 5.95 Å². The van der Waals surface area contributed by atoms with Crippen LogP contribution in [0, 0.1) is 0 Å². The van der Waals surface area contributed by atoms with Crippen LogP contribution in [0.15, 0.2) is 255 Å². The molecule has 0 atom stereocenters. The molecular formula is C67H42N6. The van der Waals surface area contributed by atoms with Gasteiger partial charge in [0.25, 0.3) is 0 Å². The molecule has 0 saturated carbocycles. The van der Waals surface area contributed by atoms with E-state index in [1.807, 2.05) is 24.5 Å². The normalized spacial score (nSPS) is 11.8. The average Bonchev–Trinajstić information content (AvgIpc) is 4.12. The summed E-state index contributed by atoms with van der Waals surface area (Å²) >= 11 is 0. The standard InChI is InChI=1S/C67H42N6/c1-4-16-43(17-5-1)59-41-60(44-18-6-2-7-19-44)70-67(69-59)73-62-29-13-10-22-53(62)55-33-30-46(39-65(55)73)50-25-15-26-51-49(24-14-27-52(50)51)45-31-34-63-57(38-45)54-23-11-12-28-61(54)72(63)48-32-35-64-58(40-48)56-36-37-68-42-66(56)71(64)47-20-8-3-9-21-47/h1-42H. The molecule has 6 nitrogen and oxygen atoms in total. The topological polar surface area (TPSA) is 53.5 Å². The maximum atomic E-state index is 5.31. The van der Waals surface area contributed by atoms with E-state index >= 15 is 0 Å². The van der Waals surface area contributed by atoms with Crippen LogP contribution in [0.4, 0.5) is 0 Å². The van der Waals surface area contributed by atoms with Gasteiger partial charge in [0.2, 0.25) is 5.95 Å². The van der Waals surface area contributed by atoms with E-state index in [1.165, 1.54) is 54.5 Å². The Morgan fingerprint density at radius 3 is 1.44 bits per heavy atom. The third-order valence-electron chi connectivity index (χ3n) is 14.8. The van der Waals surface area contributed by atoms with Gasteiger partial charge in [0.15, 0.2) is 0 Å². The first-order valence-corrected chi connectivity index (χ1v) is 24.8. The molecule has 340 valence electrons. The predicted octanol–water partition coefficient (Wildman–Crippen LogP) is 17.0. The Hall–Kier alpha value is -9.91. The van der Waals surface area contributed by atoms with Gasteiger partial charge in [-0.25, -0.2) is 9.97 Å². The maximum Gasteiger partial charge on any atom is 0.235 e. The Bertz CT molecular complexity index is 4600. The average molecular weight is 931 g/mol. The van der Waals surface area contributed by atoms with Gasteiger partial charge in [-0.05, 0) is 106 Å². The second-order valence-corrected chi connectivity index (χ2v) is 18.8. The molecule has 0 amide bonds. The van der Waals surface area contributed by atoms with Crippen LogP contribution in [-0.4, -0.2) is 28.7 Å².